The van der Waals surface area contributed by atoms with Gasteiger partial charge in [0.1, 0.15) is 5.82 Å². The highest BCUT2D eigenvalue weighted by Crippen LogP contribution is 2.31. The SMILES string of the molecule is Cc1ccc(C2OCCO2)c(F)c1Br. The van der Waals surface area contributed by atoms with Crippen LogP contribution in [0.3, 0.4) is 0 Å². The average Bonchev–Trinajstić information content (AvgIpc) is 2.67. The fraction of sp³-hybridized carbons (Fsp3) is 0.400. The summed E-state index contributed by atoms with van der Waals surface area (Å²) >= 11 is 3.19. The first-order valence-electron chi connectivity index (χ1n) is 4.38. The van der Waals surface area contributed by atoms with Crippen molar-refractivity contribution in [2.45, 2.75) is 13.2 Å². The summed E-state index contributed by atoms with van der Waals surface area (Å²) in [6.45, 7) is 2.89. The van der Waals surface area contributed by atoms with Crippen molar-refractivity contribution in [1.29, 1.82) is 0 Å². The van der Waals surface area contributed by atoms with Crippen molar-refractivity contribution in [1.82, 2.24) is 0 Å². The van der Waals surface area contributed by atoms with E-state index >= 15 is 0 Å². The van der Waals surface area contributed by atoms with E-state index in [1.54, 1.807) is 6.07 Å². The molecule has 0 spiro atoms. The van der Waals surface area contributed by atoms with E-state index in [2.05, 4.69) is 15.9 Å². The van der Waals surface area contributed by atoms with Crippen LogP contribution >= 0.6 is 15.9 Å². The van der Waals surface area contributed by atoms with Crippen molar-refractivity contribution < 1.29 is 13.9 Å². The van der Waals surface area contributed by atoms with Gasteiger partial charge in [0, 0.05) is 5.56 Å². The van der Waals surface area contributed by atoms with Gasteiger partial charge in [0.15, 0.2) is 6.29 Å². The summed E-state index contributed by atoms with van der Waals surface area (Å²) in [5, 5.41) is 0. The van der Waals surface area contributed by atoms with Crippen molar-refractivity contribution >= 4 is 15.9 Å². The van der Waals surface area contributed by atoms with Crippen LogP contribution in [0.4, 0.5) is 4.39 Å². The zero-order valence-corrected chi connectivity index (χ0v) is 9.30. The summed E-state index contributed by atoms with van der Waals surface area (Å²) in [6, 6.07) is 3.54. The molecule has 1 aromatic carbocycles. The van der Waals surface area contributed by atoms with Crippen LogP contribution in [0.1, 0.15) is 17.4 Å². The second-order valence-corrected chi connectivity index (χ2v) is 3.97. The van der Waals surface area contributed by atoms with E-state index in [1.165, 1.54) is 0 Å². The molecule has 1 aromatic rings. The number of halogens is 2. The van der Waals surface area contributed by atoms with Gasteiger partial charge < -0.3 is 9.47 Å². The Kier molecular flexibility index (Phi) is 2.85. The molecular formula is C10H10BrFO2. The minimum Gasteiger partial charge on any atom is -0.346 e. The molecule has 0 aromatic heterocycles. The molecule has 2 rings (SSSR count). The molecule has 0 atom stereocenters. The molecule has 0 amide bonds. The summed E-state index contributed by atoms with van der Waals surface area (Å²) in [6.07, 6.45) is -0.549. The molecule has 14 heavy (non-hydrogen) atoms. The van der Waals surface area contributed by atoms with E-state index in [-0.39, 0.29) is 5.82 Å². The van der Waals surface area contributed by atoms with Crippen LogP contribution in [0.5, 0.6) is 0 Å². The predicted molar refractivity (Wildman–Crippen MR) is 53.5 cm³/mol. The van der Waals surface area contributed by atoms with E-state index in [4.69, 9.17) is 9.47 Å². The third-order valence-corrected chi connectivity index (χ3v) is 3.15. The maximum Gasteiger partial charge on any atom is 0.186 e. The highest BCUT2D eigenvalue weighted by molar-refractivity contribution is 9.10. The summed E-state index contributed by atoms with van der Waals surface area (Å²) in [5.74, 6) is -0.295. The quantitative estimate of drug-likeness (QED) is 0.773. The maximum absolute atomic E-state index is 13.7. The van der Waals surface area contributed by atoms with Gasteiger partial charge in [-0.1, -0.05) is 12.1 Å². The molecule has 1 saturated heterocycles. The highest BCUT2D eigenvalue weighted by atomic mass is 79.9. The van der Waals surface area contributed by atoms with E-state index in [0.717, 1.165) is 5.56 Å². The molecule has 1 fully saturated rings. The summed E-state index contributed by atoms with van der Waals surface area (Å²) in [5.41, 5.74) is 1.32. The molecule has 1 aliphatic heterocycles. The minimum absolute atomic E-state index is 0.295. The van der Waals surface area contributed by atoms with Crippen LogP contribution in [0.2, 0.25) is 0 Å². The van der Waals surface area contributed by atoms with Gasteiger partial charge in [-0.25, -0.2) is 4.39 Å². The molecule has 0 aliphatic carbocycles. The molecule has 2 nitrogen and oxygen atoms in total. The third-order valence-electron chi connectivity index (χ3n) is 2.18. The molecule has 76 valence electrons. The lowest BCUT2D eigenvalue weighted by atomic mass is 10.1. The Morgan fingerprint density at radius 1 is 1.36 bits per heavy atom. The number of rotatable bonds is 1. The standard InChI is InChI=1S/C10H10BrFO2/c1-6-2-3-7(9(12)8(6)11)10-13-4-5-14-10/h2-3,10H,4-5H2,1H3. The molecule has 4 heteroatoms. The van der Waals surface area contributed by atoms with Gasteiger partial charge >= 0.3 is 0 Å². The topological polar surface area (TPSA) is 18.5 Å². The Morgan fingerprint density at radius 3 is 2.64 bits per heavy atom. The Morgan fingerprint density at radius 2 is 2.00 bits per heavy atom. The van der Waals surface area contributed by atoms with Gasteiger partial charge in [0.2, 0.25) is 0 Å². The first-order chi connectivity index (χ1) is 6.70. The minimum atomic E-state index is -0.549. The van der Waals surface area contributed by atoms with Crippen molar-refractivity contribution in [3.05, 3.63) is 33.5 Å². The number of hydrogen-bond donors (Lipinski definition) is 0. The van der Waals surface area contributed by atoms with E-state index < -0.39 is 6.29 Å². The zero-order chi connectivity index (χ0) is 10.1. The smallest absolute Gasteiger partial charge is 0.186 e. The number of aryl methyl sites for hydroxylation is 1. The van der Waals surface area contributed by atoms with Crippen molar-refractivity contribution in [3.8, 4) is 0 Å². The van der Waals surface area contributed by atoms with Gasteiger partial charge in [-0.3, -0.25) is 0 Å². The second-order valence-electron chi connectivity index (χ2n) is 3.17. The zero-order valence-electron chi connectivity index (χ0n) is 7.72. The number of ether oxygens (including phenoxy) is 2. The normalized spacial score (nSPS) is 17.6. The van der Waals surface area contributed by atoms with Crippen molar-refractivity contribution in [3.63, 3.8) is 0 Å². The van der Waals surface area contributed by atoms with Crippen LogP contribution in [0, 0.1) is 12.7 Å². The Bertz CT molecular complexity index is 348. The highest BCUT2D eigenvalue weighted by Gasteiger charge is 2.23. The van der Waals surface area contributed by atoms with Crippen LogP contribution in [-0.2, 0) is 9.47 Å². The largest absolute Gasteiger partial charge is 0.346 e. The first kappa shape index (κ1) is 10.1. The summed E-state index contributed by atoms with van der Waals surface area (Å²) in [4.78, 5) is 0. The number of hydrogen-bond acceptors (Lipinski definition) is 2. The lowest BCUT2D eigenvalue weighted by molar-refractivity contribution is -0.0465. The van der Waals surface area contributed by atoms with Gasteiger partial charge in [0.25, 0.3) is 0 Å². The summed E-state index contributed by atoms with van der Waals surface area (Å²) < 4.78 is 24.7. The third kappa shape index (κ3) is 1.69. The molecule has 0 radical (unpaired) electrons. The van der Waals surface area contributed by atoms with Crippen molar-refractivity contribution in [2.24, 2.45) is 0 Å². The fourth-order valence-corrected chi connectivity index (χ4v) is 1.74. The maximum atomic E-state index is 13.7. The summed E-state index contributed by atoms with van der Waals surface area (Å²) in [7, 11) is 0. The molecule has 0 saturated carbocycles. The van der Waals surface area contributed by atoms with Gasteiger partial charge in [0.05, 0.1) is 17.7 Å². The molecule has 1 aliphatic rings. The van der Waals surface area contributed by atoms with Gasteiger partial charge in [-0.15, -0.1) is 0 Å². The second kappa shape index (κ2) is 3.96. The predicted octanol–water partition coefficient (Wildman–Crippen LogP) is 2.94. The molecular weight excluding hydrogens is 251 g/mol. The van der Waals surface area contributed by atoms with E-state index in [0.29, 0.717) is 23.2 Å². The first-order valence-corrected chi connectivity index (χ1v) is 5.17. The Hall–Kier alpha value is -0.450. The average molecular weight is 261 g/mol. The monoisotopic (exact) mass is 260 g/mol. The number of benzene rings is 1. The molecule has 0 N–H and O–H groups in total. The van der Waals surface area contributed by atoms with E-state index in [1.807, 2.05) is 13.0 Å². The Labute approximate surface area is 90.1 Å². The van der Waals surface area contributed by atoms with Crippen LogP contribution in [0.15, 0.2) is 16.6 Å². The van der Waals surface area contributed by atoms with Crippen LogP contribution in [0.25, 0.3) is 0 Å². The fourth-order valence-electron chi connectivity index (χ4n) is 1.38. The van der Waals surface area contributed by atoms with Crippen LogP contribution < -0.4 is 0 Å². The molecule has 0 bridgehead atoms. The van der Waals surface area contributed by atoms with E-state index in [9.17, 15) is 4.39 Å². The molecule has 0 unspecified atom stereocenters. The van der Waals surface area contributed by atoms with Gasteiger partial charge in [-0.2, -0.15) is 0 Å². The van der Waals surface area contributed by atoms with Gasteiger partial charge in [-0.05, 0) is 28.4 Å². The Balaban J connectivity index is 2.38. The lowest BCUT2D eigenvalue weighted by Gasteiger charge is -2.12. The van der Waals surface area contributed by atoms with Crippen LogP contribution in [-0.4, -0.2) is 13.2 Å². The molecule has 1 heterocycles. The lowest BCUT2D eigenvalue weighted by Crippen LogP contribution is -2.02. The van der Waals surface area contributed by atoms with Crippen molar-refractivity contribution in [2.75, 3.05) is 13.2 Å².